The van der Waals surface area contributed by atoms with Crippen LogP contribution in [0.2, 0.25) is 0 Å². The van der Waals surface area contributed by atoms with Crippen molar-refractivity contribution in [2.24, 2.45) is 0 Å². The maximum Gasteiger partial charge on any atom is 0.297 e. The van der Waals surface area contributed by atoms with Gasteiger partial charge in [0, 0.05) is 31.7 Å². The zero-order valence-electron chi connectivity index (χ0n) is 13.2. The summed E-state index contributed by atoms with van der Waals surface area (Å²) in [5.41, 5.74) is 0.986. The van der Waals surface area contributed by atoms with Gasteiger partial charge in [0.2, 0.25) is 0 Å². The molecule has 114 valence electrons. The van der Waals surface area contributed by atoms with Crippen LogP contribution < -0.4 is 10.2 Å². The molecule has 1 unspecified atom stereocenters. The fourth-order valence-electron chi connectivity index (χ4n) is 2.79. The number of rotatable bonds is 7. The Bertz CT molecular complexity index is 400. The second-order valence-electron chi connectivity index (χ2n) is 5.77. The van der Waals surface area contributed by atoms with Crippen LogP contribution in [0.5, 0.6) is 0 Å². The zero-order valence-corrected chi connectivity index (χ0v) is 13.2. The Kier molecular flexibility index (Phi) is 5.43. The molecule has 1 saturated heterocycles. The van der Waals surface area contributed by atoms with Crippen LogP contribution >= 0.6 is 0 Å². The van der Waals surface area contributed by atoms with E-state index in [2.05, 4.69) is 47.8 Å². The Hall–Kier alpha value is -1.07. The number of oxazole rings is 1. The van der Waals surface area contributed by atoms with Gasteiger partial charge in [0.05, 0.1) is 5.69 Å². The van der Waals surface area contributed by atoms with Crippen LogP contribution in [0.3, 0.4) is 0 Å². The van der Waals surface area contributed by atoms with Crippen LogP contribution in [0.15, 0.2) is 10.7 Å². The smallest absolute Gasteiger partial charge is 0.297 e. The molecule has 0 spiro atoms. The van der Waals surface area contributed by atoms with Crippen molar-refractivity contribution >= 4 is 6.01 Å². The third-order valence-electron chi connectivity index (χ3n) is 3.99. The van der Waals surface area contributed by atoms with E-state index in [1.807, 2.05) is 0 Å². The Morgan fingerprint density at radius 3 is 2.85 bits per heavy atom. The lowest BCUT2D eigenvalue weighted by Crippen LogP contribution is -2.37. The van der Waals surface area contributed by atoms with Gasteiger partial charge < -0.3 is 14.6 Å². The summed E-state index contributed by atoms with van der Waals surface area (Å²) in [6.45, 7) is 13.8. The van der Waals surface area contributed by atoms with Crippen molar-refractivity contribution < 1.29 is 4.42 Å². The summed E-state index contributed by atoms with van der Waals surface area (Å²) in [6, 6.07) is 1.88. The molecule has 1 aliphatic heterocycles. The number of aromatic nitrogens is 1. The van der Waals surface area contributed by atoms with E-state index >= 15 is 0 Å². The van der Waals surface area contributed by atoms with Crippen molar-refractivity contribution in [3.8, 4) is 0 Å². The molecule has 0 radical (unpaired) electrons. The second-order valence-corrected chi connectivity index (χ2v) is 5.77. The average molecular weight is 280 g/mol. The van der Waals surface area contributed by atoms with Crippen molar-refractivity contribution in [2.75, 3.05) is 31.1 Å². The first-order valence-corrected chi connectivity index (χ1v) is 7.80. The Balaban J connectivity index is 1.90. The third-order valence-corrected chi connectivity index (χ3v) is 3.99. The van der Waals surface area contributed by atoms with Crippen LogP contribution in [0.25, 0.3) is 0 Å². The van der Waals surface area contributed by atoms with Gasteiger partial charge in [0.25, 0.3) is 6.01 Å². The molecule has 5 nitrogen and oxygen atoms in total. The summed E-state index contributed by atoms with van der Waals surface area (Å²) in [5.74, 6) is 0. The molecule has 1 N–H and O–H groups in total. The molecule has 1 aromatic heterocycles. The van der Waals surface area contributed by atoms with E-state index in [1.165, 1.54) is 6.42 Å². The monoisotopic (exact) mass is 280 g/mol. The van der Waals surface area contributed by atoms with E-state index in [-0.39, 0.29) is 0 Å². The maximum atomic E-state index is 5.63. The first kappa shape index (κ1) is 15.3. The quantitative estimate of drug-likeness (QED) is 0.828. The van der Waals surface area contributed by atoms with Crippen molar-refractivity contribution in [3.05, 3.63) is 12.0 Å². The maximum absolute atomic E-state index is 5.63. The van der Waals surface area contributed by atoms with E-state index in [1.54, 1.807) is 6.26 Å². The highest BCUT2D eigenvalue weighted by Crippen LogP contribution is 2.22. The van der Waals surface area contributed by atoms with Gasteiger partial charge in [-0.05, 0) is 19.5 Å². The minimum Gasteiger partial charge on any atom is -0.432 e. The third kappa shape index (κ3) is 3.73. The molecule has 1 aromatic rings. The second kappa shape index (κ2) is 7.09. The lowest BCUT2D eigenvalue weighted by atomic mass is 10.2. The molecule has 1 atom stereocenters. The minimum atomic E-state index is 0.467. The van der Waals surface area contributed by atoms with Crippen molar-refractivity contribution in [1.29, 1.82) is 0 Å². The van der Waals surface area contributed by atoms with E-state index in [0.29, 0.717) is 12.1 Å². The number of nitrogens with zero attached hydrogens (tertiary/aromatic N) is 3. The molecule has 0 saturated carbocycles. The van der Waals surface area contributed by atoms with Gasteiger partial charge >= 0.3 is 0 Å². The molecule has 2 rings (SSSR count). The first-order valence-electron chi connectivity index (χ1n) is 7.80. The number of hydrogen-bond donors (Lipinski definition) is 1. The van der Waals surface area contributed by atoms with Crippen LogP contribution in [0.4, 0.5) is 6.01 Å². The number of nitrogens with one attached hydrogen (secondary N) is 1. The molecule has 0 aromatic carbocycles. The number of hydrogen-bond acceptors (Lipinski definition) is 5. The van der Waals surface area contributed by atoms with Crippen LogP contribution in [-0.4, -0.2) is 48.1 Å². The Labute approximate surface area is 122 Å². The highest BCUT2D eigenvalue weighted by Gasteiger charge is 2.28. The molecule has 2 heterocycles. The van der Waals surface area contributed by atoms with Crippen LogP contribution in [0.1, 0.15) is 39.8 Å². The van der Waals surface area contributed by atoms with Crippen LogP contribution in [0, 0.1) is 0 Å². The van der Waals surface area contributed by atoms with Gasteiger partial charge in [-0.15, -0.1) is 0 Å². The lowest BCUT2D eigenvalue weighted by molar-refractivity contribution is 0.232. The predicted molar refractivity (Wildman–Crippen MR) is 82.0 cm³/mol. The molecule has 0 bridgehead atoms. The highest BCUT2D eigenvalue weighted by molar-refractivity contribution is 5.29. The topological polar surface area (TPSA) is 44.5 Å². The van der Waals surface area contributed by atoms with E-state index < -0.39 is 0 Å². The molecular weight excluding hydrogens is 252 g/mol. The van der Waals surface area contributed by atoms with E-state index in [9.17, 15) is 0 Å². The highest BCUT2D eigenvalue weighted by atomic mass is 16.4. The van der Waals surface area contributed by atoms with Gasteiger partial charge in [-0.2, -0.15) is 4.98 Å². The van der Waals surface area contributed by atoms with Crippen molar-refractivity contribution in [1.82, 2.24) is 15.2 Å². The molecular formula is C15H28N4O. The average Bonchev–Trinajstić information content (AvgIpc) is 3.06. The van der Waals surface area contributed by atoms with Gasteiger partial charge in [-0.3, -0.25) is 4.90 Å². The molecule has 0 amide bonds. The normalized spacial score (nSPS) is 19.5. The Morgan fingerprint density at radius 1 is 1.45 bits per heavy atom. The van der Waals surface area contributed by atoms with Crippen molar-refractivity contribution in [2.45, 2.75) is 52.7 Å². The summed E-state index contributed by atoms with van der Waals surface area (Å²) < 4.78 is 5.63. The fraction of sp³-hybridized carbons (Fsp3) is 0.800. The minimum absolute atomic E-state index is 0.467. The number of anilines is 1. The summed E-state index contributed by atoms with van der Waals surface area (Å²) in [4.78, 5) is 9.37. The SMILES string of the molecule is CCN(CC)C1CCN(c2nc(CNC(C)C)co2)C1. The summed E-state index contributed by atoms with van der Waals surface area (Å²) in [6.07, 6.45) is 2.97. The van der Waals surface area contributed by atoms with Gasteiger partial charge in [0.15, 0.2) is 0 Å². The molecule has 0 aliphatic carbocycles. The predicted octanol–water partition coefficient (Wildman–Crippen LogP) is 2.09. The van der Waals surface area contributed by atoms with Gasteiger partial charge in [0.1, 0.15) is 6.26 Å². The van der Waals surface area contributed by atoms with Gasteiger partial charge in [-0.1, -0.05) is 27.7 Å². The molecule has 1 aliphatic rings. The van der Waals surface area contributed by atoms with Crippen molar-refractivity contribution in [3.63, 3.8) is 0 Å². The fourth-order valence-corrected chi connectivity index (χ4v) is 2.79. The first-order chi connectivity index (χ1) is 9.63. The standard InChI is InChI=1S/C15H28N4O/c1-5-18(6-2)14-7-8-19(10-14)15-17-13(11-20-15)9-16-12(3)4/h11-12,14,16H,5-10H2,1-4H3. The van der Waals surface area contributed by atoms with Crippen LogP contribution in [-0.2, 0) is 6.54 Å². The van der Waals surface area contributed by atoms with E-state index in [4.69, 9.17) is 4.42 Å². The van der Waals surface area contributed by atoms with E-state index in [0.717, 1.165) is 44.4 Å². The summed E-state index contributed by atoms with van der Waals surface area (Å²) >= 11 is 0. The largest absolute Gasteiger partial charge is 0.432 e. The van der Waals surface area contributed by atoms with Gasteiger partial charge in [-0.25, -0.2) is 0 Å². The zero-order chi connectivity index (χ0) is 14.5. The molecule has 20 heavy (non-hydrogen) atoms. The lowest BCUT2D eigenvalue weighted by Gasteiger charge is -2.25. The number of likely N-dealkylation sites (N-methyl/N-ethyl adjacent to an activating group) is 1. The summed E-state index contributed by atoms with van der Waals surface area (Å²) in [5, 5.41) is 3.36. The summed E-state index contributed by atoms with van der Waals surface area (Å²) in [7, 11) is 0. The molecule has 5 heteroatoms. The Morgan fingerprint density at radius 2 is 2.20 bits per heavy atom. The molecule has 1 fully saturated rings.